The lowest BCUT2D eigenvalue weighted by atomic mass is 9.69. The Morgan fingerprint density at radius 2 is 1.78 bits per heavy atom. The molecule has 0 unspecified atom stereocenters. The van der Waals surface area contributed by atoms with E-state index in [4.69, 9.17) is 14.2 Å². The van der Waals surface area contributed by atoms with Gasteiger partial charge in [0.15, 0.2) is 5.78 Å². The molecule has 188 valence electrons. The fourth-order valence-corrected chi connectivity index (χ4v) is 4.92. The molecule has 36 heavy (non-hydrogen) atoms. The SMILES string of the molecule is COC(=O)[C@@H]1C(=O)C2=C(C[C@H]1C)NC(C)=C(C(=O)OCc1ccc(OC)cc1)[C@H]2c1ccccc1F. The summed E-state index contributed by atoms with van der Waals surface area (Å²) in [5.74, 6) is -4.11. The van der Waals surface area contributed by atoms with Gasteiger partial charge in [-0.1, -0.05) is 37.3 Å². The number of carbonyl (C=O) groups excluding carboxylic acids is 3. The minimum absolute atomic E-state index is 0.0225. The van der Waals surface area contributed by atoms with Gasteiger partial charge < -0.3 is 19.5 Å². The molecule has 0 spiro atoms. The Morgan fingerprint density at radius 3 is 2.42 bits per heavy atom. The molecule has 0 saturated heterocycles. The molecular formula is C28H28FNO6. The predicted molar refractivity (Wildman–Crippen MR) is 129 cm³/mol. The normalized spacial score (nSPS) is 21.5. The summed E-state index contributed by atoms with van der Waals surface area (Å²) in [4.78, 5) is 39.6. The van der Waals surface area contributed by atoms with Crippen molar-refractivity contribution in [3.8, 4) is 5.75 Å². The first-order chi connectivity index (χ1) is 17.3. The van der Waals surface area contributed by atoms with Crippen molar-refractivity contribution < 1.29 is 33.0 Å². The number of allylic oxidation sites excluding steroid dienone is 3. The van der Waals surface area contributed by atoms with Gasteiger partial charge in [0.2, 0.25) is 0 Å². The van der Waals surface area contributed by atoms with Gasteiger partial charge in [-0.3, -0.25) is 9.59 Å². The van der Waals surface area contributed by atoms with Crippen LogP contribution >= 0.6 is 0 Å². The van der Waals surface area contributed by atoms with Crippen molar-refractivity contribution in [3.63, 3.8) is 0 Å². The van der Waals surface area contributed by atoms with E-state index in [0.29, 0.717) is 23.6 Å². The van der Waals surface area contributed by atoms with Crippen LogP contribution in [-0.4, -0.2) is 31.9 Å². The Morgan fingerprint density at radius 1 is 1.08 bits per heavy atom. The summed E-state index contributed by atoms with van der Waals surface area (Å²) in [6.45, 7) is 3.47. The minimum atomic E-state index is -1.04. The number of hydrogen-bond acceptors (Lipinski definition) is 7. The quantitative estimate of drug-likeness (QED) is 0.477. The smallest absolute Gasteiger partial charge is 0.337 e. The Bertz CT molecular complexity index is 1260. The zero-order valence-electron chi connectivity index (χ0n) is 20.6. The van der Waals surface area contributed by atoms with Crippen molar-refractivity contribution in [2.75, 3.05) is 14.2 Å². The maximum atomic E-state index is 15.1. The second-order valence-corrected chi connectivity index (χ2v) is 8.98. The summed E-state index contributed by atoms with van der Waals surface area (Å²) in [5, 5.41) is 3.17. The highest BCUT2D eigenvalue weighted by Crippen LogP contribution is 2.46. The van der Waals surface area contributed by atoms with Gasteiger partial charge >= 0.3 is 11.9 Å². The van der Waals surface area contributed by atoms with Gasteiger partial charge in [-0.15, -0.1) is 0 Å². The second kappa shape index (κ2) is 10.4. The molecule has 0 radical (unpaired) electrons. The van der Waals surface area contributed by atoms with Gasteiger partial charge in [0.25, 0.3) is 0 Å². The van der Waals surface area contributed by atoms with Crippen molar-refractivity contribution in [2.24, 2.45) is 11.8 Å². The number of halogens is 1. The average molecular weight is 494 g/mol. The van der Waals surface area contributed by atoms with Crippen molar-refractivity contribution >= 4 is 17.7 Å². The van der Waals surface area contributed by atoms with E-state index < -0.39 is 35.4 Å². The third-order valence-electron chi connectivity index (χ3n) is 6.71. The summed E-state index contributed by atoms with van der Waals surface area (Å²) < 4.78 is 30.8. The van der Waals surface area contributed by atoms with Crippen LogP contribution in [0.25, 0.3) is 0 Å². The maximum Gasteiger partial charge on any atom is 0.337 e. The van der Waals surface area contributed by atoms with Crippen LogP contribution in [0.5, 0.6) is 5.75 Å². The molecule has 1 N–H and O–H groups in total. The Balaban J connectivity index is 1.73. The maximum absolute atomic E-state index is 15.1. The molecule has 1 aliphatic heterocycles. The molecule has 0 saturated carbocycles. The van der Waals surface area contributed by atoms with Crippen LogP contribution in [0.15, 0.2) is 71.1 Å². The van der Waals surface area contributed by atoms with E-state index in [9.17, 15) is 14.4 Å². The second-order valence-electron chi connectivity index (χ2n) is 8.98. The van der Waals surface area contributed by atoms with Crippen molar-refractivity contribution in [2.45, 2.75) is 32.8 Å². The molecule has 7 nitrogen and oxygen atoms in total. The van der Waals surface area contributed by atoms with Crippen LogP contribution < -0.4 is 10.1 Å². The Labute approximate surface area is 208 Å². The number of ketones is 1. The molecule has 0 bridgehead atoms. The summed E-state index contributed by atoms with van der Waals surface area (Å²) in [7, 11) is 2.79. The average Bonchev–Trinajstić information content (AvgIpc) is 2.87. The van der Waals surface area contributed by atoms with Gasteiger partial charge in [-0.25, -0.2) is 9.18 Å². The Kier molecular flexibility index (Phi) is 7.24. The van der Waals surface area contributed by atoms with E-state index in [0.717, 1.165) is 5.56 Å². The summed E-state index contributed by atoms with van der Waals surface area (Å²) in [6, 6.07) is 13.1. The number of benzene rings is 2. The van der Waals surface area contributed by atoms with Gasteiger partial charge in [0.05, 0.1) is 25.7 Å². The van der Waals surface area contributed by atoms with E-state index in [-0.39, 0.29) is 29.2 Å². The van der Waals surface area contributed by atoms with E-state index in [2.05, 4.69) is 5.32 Å². The molecule has 2 aliphatic rings. The topological polar surface area (TPSA) is 90.9 Å². The van der Waals surface area contributed by atoms with Crippen LogP contribution in [0, 0.1) is 17.7 Å². The molecule has 1 aliphatic carbocycles. The first-order valence-electron chi connectivity index (χ1n) is 11.6. The number of carbonyl (C=O) groups is 3. The standard InChI is InChI=1S/C28H28FNO6/c1-15-13-21-25(26(31)22(15)27(32)35-4)24(19-7-5-6-8-20(19)29)23(16(2)30-21)28(33)36-14-17-9-11-18(34-3)12-10-17/h5-12,15,22,24,30H,13-14H2,1-4H3/t15-,22+,24-/m1/s1. The number of dihydropyridines is 1. The van der Waals surface area contributed by atoms with E-state index in [1.165, 1.54) is 19.2 Å². The van der Waals surface area contributed by atoms with E-state index in [1.54, 1.807) is 57.4 Å². The van der Waals surface area contributed by atoms with Crippen molar-refractivity contribution in [3.05, 3.63) is 88.0 Å². The Hall–Kier alpha value is -3.94. The van der Waals surface area contributed by atoms with Crippen LogP contribution in [-0.2, 0) is 30.5 Å². The fourth-order valence-electron chi connectivity index (χ4n) is 4.92. The molecule has 8 heteroatoms. The highest BCUT2D eigenvalue weighted by Gasteiger charge is 2.47. The summed E-state index contributed by atoms with van der Waals surface area (Å²) in [6.07, 6.45) is 0.372. The van der Waals surface area contributed by atoms with Crippen molar-refractivity contribution in [1.29, 1.82) is 0 Å². The number of nitrogens with one attached hydrogen (secondary N) is 1. The largest absolute Gasteiger partial charge is 0.497 e. The number of ether oxygens (including phenoxy) is 3. The highest BCUT2D eigenvalue weighted by atomic mass is 19.1. The number of esters is 2. The lowest BCUT2D eigenvalue weighted by Crippen LogP contribution is -2.43. The highest BCUT2D eigenvalue weighted by molar-refractivity contribution is 6.12. The fraction of sp³-hybridized carbons (Fsp3) is 0.321. The van der Waals surface area contributed by atoms with E-state index in [1.807, 2.05) is 0 Å². The predicted octanol–water partition coefficient (Wildman–Crippen LogP) is 4.19. The molecule has 0 aromatic heterocycles. The molecule has 2 aromatic rings. The zero-order chi connectivity index (χ0) is 26.0. The van der Waals surface area contributed by atoms with Crippen LogP contribution in [0.1, 0.15) is 37.3 Å². The number of methoxy groups -OCH3 is 2. The van der Waals surface area contributed by atoms with Gasteiger partial charge in [-0.05, 0) is 43.0 Å². The van der Waals surface area contributed by atoms with Crippen molar-refractivity contribution in [1.82, 2.24) is 5.32 Å². The molecule has 2 aromatic carbocycles. The first-order valence-corrected chi connectivity index (χ1v) is 11.6. The van der Waals surface area contributed by atoms with Crippen LogP contribution in [0.2, 0.25) is 0 Å². The number of rotatable bonds is 6. The summed E-state index contributed by atoms with van der Waals surface area (Å²) in [5.41, 5.74) is 2.26. The molecule has 4 rings (SSSR count). The third-order valence-corrected chi connectivity index (χ3v) is 6.71. The van der Waals surface area contributed by atoms with Gasteiger partial charge in [-0.2, -0.15) is 0 Å². The number of Topliss-reactive ketones (excluding diaryl/α,β-unsaturated/α-hetero) is 1. The van der Waals surface area contributed by atoms with E-state index >= 15 is 4.39 Å². The molecule has 0 fully saturated rings. The van der Waals surface area contributed by atoms with Gasteiger partial charge in [0.1, 0.15) is 24.1 Å². The van der Waals surface area contributed by atoms with Gasteiger partial charge in [0, 0.05) is 22.5 Å². The monoisotopic (exact) mass is 493 g/mol. The molecular weight excluding hydrogens is 465 g/mol. The molecule has 3 atom stereocenters. The molecule has 0 amide bonds. The lowest BCUT2D eigenvalue weighted by molar-refractivity contribution is -0.151. The van der Waals surface area contributed by atoms with Crippen LogP contribution in [0.3, 0.4) is 0 Å². The first kappa shape index (κ1) is 25.2. The number of hydrogen-bond donors (Lipinski definition) is 1. The summed E-state index contributed by atoms with van der Waals surface area (Å²) >= 11 is 0. The molecule has 1 heterocycles. The van der Waals surface area contributed by atoms with Crippen LogP contribution in [0.4, 0.5) is 4.39 Å². The lowest BCUT2D eigenvalue weighted by Gasteiger charge is -2.38. The third kappa shape index (κ3) is 4.63. The zero-order valence-corrected chi connectivity index (χ0v) is 20.6. The minimum Gasteiger partial charge on any atom is -0.497 e.